The fourth-order valence-electron chi connectivity index (χ4n) is 3.49. The molecule has 1 fully saturated rings. The Hall–Kier alpha value is -1.83. The van der Waals surface area contributed by atoms with Crippen LogP contribution in [0.15, 0.2) is 40.6 Å². The molecule has 0 aliphatic carbocycles. The number of benzene rings is 1. The van der Waals surface area contributed by atoms with Crippen LogP contribution >= 0.6 is 23.1 Å². The number of anilines is 1. The van der Waals surface area contributed by atoms with E-state index in [1.54, 1.807) is 17.8 Å². The van der Waals surface area contributed by atoms with Crippen molar-refractivity contribution in [1.82, 2.24) is 0 Å². The normalized spacial score (nSPS) is 17.2. The third kappa shape index (κ3) is 5.62. The molecule has 156 valence electrons. The van der Waals surface area contributed by atoms with Gasteiger partial charge in [0.1, 0.15) is 4.88 Å². The maximum atomic E-state index is 12.2. The number of nitrogens with zero attached hydrogens (tertiary/aromatic N) is 1. The van der Waals surface area contributed by atoms with Crippen molar-refractivity contribution in [2.24, 2.45) is 0 Å². The lowest BCUT2D eigenvalue weighted by Gasteiger charge is -2.40. The molecule has 3 rings (SSSR count). The van der Waals surface area contributed by atoms with E-state index < -0.39 is 12.1 Å². The Balaban J connectivity index is 1.51. The van der Waals surface area contributed by atoms with Crippen molar-refractivity contribution in [2.75, 3.05) is 10.7 Å². The molecule has 1 saturated heterocycles. The van der Waals surface area contributed by atoms with E-state index >= 15 is 0 Å². The average Bonchev–Trinajstić information content (AvgIpc) is 3.17. The summed E-state index contributed by atoms with van der Waals surface area (Å²) in [7, 11) is 0. The topological polar surface area (TPSA) is 77.8 Å². The molecule has 5 nitrogen and oxygen atoms in total. The standard InChI is InChI=1S/C22H27NO4S2/c1-2-3-4-5-18(24)15-6-8-16(9-7-15)23-17(14-20(23)25)12-13-28-21-11-10-19(29-21)22(26)27/h6-11,17-18,24H,2-5,12-14H2,1H3,(H,26,27)/t17-,18?/m0/s1. The molecule has 2 heterocycles. The second-order valence-corrected chi connectivity index (χ2v) is 9.76. The van der Waals surface area contributed by atoms with Crippen LogP contribution in [0.1, 0.15) is 66.8 Å². The number of β-lactam (4-membered cyclic amide) rings is 1. The van der Waals surface area contributed by atoms with E-state index in [0.717, 1.165) is 53.3 Å². The van der Waals surface area contributed by atoms with Gasteiger partial charge >= 0.3 is 5.97 Å². The van der Waals surface area contributed by atoms with Gasteiger partial charge in [-0.1, -0.05) is 38.3 Å². The second kappa shape index (κ2) is 10.3. The molecule has 1 aromatic heterocycles. The molecule has 0 radical (unpaired) electrons. The Kier molecular flexibility index (Phi) is 7.75. The Labute approximate surface area is 179 Å². The summed E-state index contributed by atoms with van der Waals surface area (Å²) < 4.78 is 0.987. The first-order valence-electron chi connectivity index (χ1n) is 10.1. The number of hydrogen-bond acceptors (Lipinski definition) is 5. The predicted octanol–water partition coefficient (Wildman–Crippen LogP) is 5.35. The number of thioether (sulfide) groups is 1. The highest BCUT2D eigenvalue weighted by atomic mass is 32.2. The van der Waals surface area contributed by atoms with Gasteiger partial charge in [-0.3, -0.25) is 4.79 Å². The Morgan fingerprint density at radius 3 is 2.62 bits per heavy atom. The van der Waals surface area contributed by atoms with Gasteiger partial charge in [-0.2, -0.15) is 0 Å². The van der Waals surface area contributed by atoms with Crippen LogP contribution in [0, 0.1) is 0 Å². The van der Waals surface area contributed by atoms with E-state index in [-0.39, 0.29) is 11.9 Å². The Morgan fingerprint density at radius 1 is 1.24 bits per heavy atom. The lowest BCUT2D eigenvalue weighted by atomic mass is 9.97. The first-order valence-corrected chi connectivity index (χ1v) is 11.9. The molecule has 29 heavy (non-hydrogen) atoms. The zero-order valence-electron chi connectivity index (χ0n) is 16.5. The van der Waals surface area contributed by atoms with Gasteiger partial charge in [0, 0.05) is 23.9 Å². The zero-order valence-corrected chi connectivity index (χ0v) is 18.2. The van der Waals surface area contributed by atoms with Crippen LogP contribution in [0.3, 0.4) is 0 Å². The molecule has 0 saturated carbocycles. The van der Waals surface area contributed by atoms with Crippen molar-refractivity contribution >= 4 is 40.7 Å². The van der Waals surface area contributed by atoms with Crippen molar-refractivity contribution in [3.05, 3.63) is 46.8 Å². The van der Waals surface area contributed by atoms with Gasteiger partial charge in [-0.05, 0) is 42.7 Å². The molecule has 1 aliphatic rings. The number of thiophene rings is 1. The number of carbonyl (C=O) groups is 2. The summed E-state index contributed by atoms with van der Waals surface area (Å²) in [6, 6.07) is 11.3. The first-order chi connectivity index (χ1) is 14.0. The van der Waals surface area contributed by atoms with Gasteiger partial charge in [0.05, 0.1) is 10.3 Å². The van der Waals surface area contributed by atoms with Crippen LogP contribution in [0.2, 0.25) is 0 Å². The molecule has 1 amide bonds. The monoisotopic (exact) mass is 433 g/mol. The zero-order chi connectivity index (χ0) is 20.8. The van der Waals surface area contributed by atoms with Crippen LogP contribution in [0.25, 0.3) is 0 Å². The van der Waals surface area contributed by atoms with Crippen molar-refractivity contribution in [2.45, 2.75) is 61.8 Å². The maximum absolute atomic E-state index is 12.2. The van der Waals surface area contributed by atoms with Crippen LogP contribution in [-0.4, -0.2) is 33.9 Å². The van der Waals surface area contributed by atoms with Gasteiger partial charge in [-0.15, -0.1) is 23.1 Å². The minimum atomic E-state index is -0.892. The highest BCUT2D eigenvalue weighted by Gasteiger charge is 2.36. The molecular formula is C22H27NO4S2. The number of amides is 1. The number of aromatic carboxylic acids is 1. The highest BCUT2D eigenvalue weighted by Crippen LogP contribution is 2.34. The molecule has 2 atom stereocenters. The van der Waals surface area contributed by atoms with Crippen molar-refractivity contribution in [1.29, 1.82) is 0 Å². The van der Waals surface area contributed by atoms with Gasteiger partial charge < -0.3 is 15.1 Å². The fraction of sp³-hybridized carbons (Fsp3) is 0.455. The fourth-order valence-corrected chi connectivity index (χ4v) is 5.57. The number of aliphatic hydroxyl groups excluding tert-OH is 1. The van der Waals surface area contributed by atoms with E-state index in [1.807, 2.05) is 35.2 Å². The summed E-state index contributed by atoms with van der Waals surface area (Å²) in [5.41, 5.74) is 1.78. The molecule has 1 aliphatic heterocycles. The SMILES string of the molecule is CCCCCC(O)c1ccc(N2C(=O)C[C@@H]2CCSc2ccc(C(=O)O)s2)cc1. The number of carbonyl (C=O) groups excluding carboxylic acids is 1. The Bertz CT molecular complexity index is 834. The minimum Gasteiger partial charge on any atom is -0.477 e. The summed E-state index contributed by atoms with van der Waals surface area (Å²) in [5.74, 6) is 0.0690. The summed E-state index contributed by atoms with van der Waals surface area (Å²) in [5, 5.41) is 19.3. The van der Waals surface area contributed by atoms with E-state index in [4.69, 9.17) is 5.11 Å². The van der Waals surface area contributed by atoms with Gasteiger partial charge in [-0.25, -0.2) is 4.79 Å². The average molecular weight is 434 g/mol. The summed E-state index contributed by atoms with van der Waals surface area (Å²) >= 11 is 2.92. The largest absolute Gasteiger partial charge is 0.477 e. The first kappa shape index (κ1) is 21.9. The molecule has 1 unspecified atom stereocenters. The number of rotatable bonds is 11. The van der Waals surface area contributed by atoms with Crippen LogP contribution in [0.5, 0.6) is 0 Å². The van der Waals surface area contributed by atoms with Crippen molar-refractivity contribution in [3.8, 4) is 0 Å². The second-order valence-electron chi connectivity index (χ2n) is 7.29. The molecule has 2 aromatic rings. The van der Waals surface area contributed by atoms with E-state index in [1.165, 1.54) is 11.3 Å². The molecule has 0 bridgehead atoms. The van der Waals surface area contributed by atoms with E-state index in [2.05, 4.69) is 6.92 Å². The van der Waals surface area contributed by atoms with Gasteiger partial charge in [0.15, 0.2) is 0 Å². The molecular weight excluding hydrogens is 406 g/mol. The molecule has 0 spiro atoms. The van der Waals surface area contributed by atoms with Gasteiger partial charge in [0.2, 0.25) is 5.91 Å². The quantitative estimate of drug-likeness (QED) is 0.284. The van der Waals surface area contributed by atoms with Crippen LogP contribution < -0.4 is 4.90 Å². The minimum absolute atomic E-state index is 0.125. The van der Waals surface area contributed by atoms with E-state index in [0.29, 0.717) is 11.3 Å². The molecule has 1 aromatic carbocycles. The third-order valence-corrected chi connectivity index (χ3v) is 7.50. The highest BCUT2D eigenvalue weighted by molar-refractivity contribution is 8.01. The number of carboxylic acid groups (broad SMARTS) is 1. The lowest BCUT2D eigenvalue weighted by Crippen LogP contribution is -2.53. The van der Waals surface area contributed by atoms with Crippen LogP contribution in [-0.2, 0) is 4.79 Å². The van der Waals surface area contributed by atoms with E-state index in [9.17, 15) is 14.7 Å². The number of unbranched alkanes of at least 4 members (excludes halogenated alkanes) is 2. The summed E-state index contributed by atoms with van der Waals surface area (Å²) in [6.07, 6.45) is 5.00. The molecule has 2 N–H and O–H groups in total. The Morgan fingerprint density at radius 2 is 2.00 bits per heavy atom. The summed E-state index contributed by atoms with van der Waals surface area (Å²) in [4.78, 5) is 25.3. The smallest absolute Gasteiger partial charge is 0.345 e. The number of hydrogen-bond donors (Lipinski definition) is 2. The third-order valence-electron chi connectivity index (χ3n) is 5.17. The summed E-state index contributed by atoms with van der Waals surface area (Å²) in [6.45, 7) is 2.15. The van der Waals surface area contributed by atoms with Crippen LogP contribution in [0.4, 0.5) is 5.69 Å². The van der Waals surface area contributed by atoms with Gasteiger partial charge in [0.25, 0.3) is 0 Å². The number of carboxylic acids is 1. The van der Waals surface area contributed by atoms with Crippen molar-refractivity contribution < 1.29 is 19.8 Å². The maximum Gasteiger partial charge on any atom is 0.345 e. The number of aliphatic hydroxyl groups is 1. The predicted molar refractivity (Wildman–Crippen MR) is 118 cm³/mol. The van der Waals surface area contributed by atoms with Crippen molar-refractivity contribution in [3.63, 3.8) is 0 Å². The molecule has 7 heteroatoms. The lowest BCUT2D eigenvalue weighted by molar-refractivity contribution is -0.124.